The first kappa shape index (κ1) is 64.6. The summed E-state index contributed by atoms with van der Waals surface area (Å²) in [6, 6.07) is 78.9. The minimum Gasteiger partial charge on any atom is -1.00 e. The second-order valence-electron chi connectivity index (χ2n) is 21.1. The Morgan fingerprint density at radius 2 is 0.438 bits per heavy atom. The van der Waals surface area contributed by atoms with Crippen molar-refractivity contribution in [1.29, 1.82) is 0 Å². The van der Waals surface area contributed by atoms with Crippen molar-refractivity contribution in [3.05, 3.63) is 241 Å². The van der Waals surface area contributed by atoms with Crippen LogP contribution in [0.15, 0.2) is 218 Å². The quantitative estimate of drug-likeness (QED) is 0.141. The number of rotatable bonds is 8. The van der Waals surface area contributed by atoms with Gasteiger partial charge in [-0.3, -0.25) is 0 Å². The normalized spacial score (nSPS) is 10.3. The van der Waals surface area contributed by atoms with Gasteiger partial charge in [-0.05, 0) is 70.8 Å². The van der Waals surface area contributed by atoms with Gasteiger partial charge in [0.2, 0.25) is 0 Å². The molecule has 0 radical (unpaired) electrons. The molecule has 0 aliphatic rings. The van der Waals surface area contributed by atoms with E-state index in [9.17, 15) is 0 Å². The first-order valence-corrected chi connectivity index (χ1v) is 26.4. The van der Waals surface area contributed by atoms with Crippen LogP contribution in [0.25, 0.3) is 87.6 Å². The summed E-state index contributed by atoms with van der Waals surface area (Å²) in [6.45, 7) is 8.61. The summed E-state index contributed by atoms with van der Waals surface area (Å²) in [5.74, 6) is 0. The van der Waals surface area contributed by atoms with Gasteiger partial charge in [-0.1, -0.05) is 123 Å². The van der Waals surface area contributed by atoms with Gasteiger partial charge >= 0.3 is 52.4 Å². The maximum atomic E-state index is 2.27. The number of benzene rings is 8. The van der Waals surface area contributed by atoms with Crippen LogP contribution in [-0.2, 0) is 52.4 Å². The van der Waals surface area contributed by atoms with Crippen LogP contribution in [0.2, 0.25) is 0 Å². The third-order valence-electron chi connectivity index (χ3n) is 14.3. The van der Waals surface area contributed by atoms with Crippen molar-refractivity contribution < 1.29 is 77.2 Å². The molecule has 0 heterocycles. The molecule has 4 nitrogen and oxygen atoms in total. The van der Waals surface area contributed by atoms with Crippen LogP contribution in [-0.4, -0.2) is 56.4 Å². The van der Waals surface area contributed by atoms with Gasteiger partial charge in [0.05, 0.1) is 0 Å². The van der Waals surface area contributed by atoms with E-state index in [1.54, 1.807) is 0 Å². The largest absolute Gasteiger partial charge is 2.00 e. The van der Waals surface area contributed by atoms with Crippen molar-refractivity contribution in [2.45, 2.75) is 27.7 Å². The molecule has 12 aromatic rings. The zero-order chi connectivity index (χ0) is 53.6. The monoisotopic (exact) mass is 1240 g/mol. The van der Waals surface area contributed by atoms with E-state index < -0.39 is 0 Å². The molecule has 12 aromatic carbocycles. The zero-order valence-electron chi connectivity index (χ0n) is 48.3. The van der Waals surface area contributed by atoms with Crippen molar-refractivity contribution in [2.75, 3.05) is 76.0 Å². The van der Waals surface area contributed by atoms with Gasteiger partial charge in [0, 0.05) is 79.1 Å². The van der Waals surface area contributed by atoms with Gasteiger partial charge in [-0.15, -0.1) is 138 Å². The predicted octanol–water partition coefficient (Wildman–Crippen LogP) is 12.4. The predicted molar refractivity (Wildman–Crippen MR) is 336 cm³/mol. The van der Waals surface area contributed by atoms with Crippen LogP contribution in [0.1, 0.15) is 22.3 Å². The van der Waals surface area contributed by atoms with Crippen LogP contribution in [0, 0.1) is 27.7 Å². The van der Waals surface area contributed by atoms with Gasteiger partial charge in [-0.25, -0.2) is 0 Å². The van der Waals surface area contributed by atoms with Crippen molar-refractivity contribution in [1.82, 2.24) is 0 Å². The van der Waals surface area contributed by atoms with E-state index in [1.807, 2.05) is 0 Å². The molecule has 0 unspecified atom stereocenters. The van der Waals surface area contributed by atoms with Crippen molar-refractivity contribution in [2.24, 2.45) is 0 Å². The molecular formula is C72H72Cl2N4Zr2-2. The molecule has 0 N–H and O–H groups in total. The average molecular weight is 1250 g/mol. The number of halogens is 2. The number of nitrogens with zero attached hydrogens (tertiary/aromatic N) is 4. The van der Waals surface area contributed by atoms with Gasteiger partial charge in [0.25, 0.3) is 0 Å². The van der Waals surface area contributed by atoms with E-state index in [0.717, 1.165) is 0 Å². The summed E-state index contributed by atoms with van der Waals surface area (Å²) < 4.78 is 0. The minimum absolute atomic E-state index is 0. The molecule has 0 amide bonds. The maximum Gasteiger partial charge on any atom is 2.00 e. The van der Waals surface area contributed by atoms with E-state index in [0.29, 0.717) is 0 Å². The topological polar surface area (TPSA) is 13.0 Å². The molecule has 0 saturated heterocycles. The van der Waals surface area contributed by atoms with Gasteiger partial charge in [-0.2, -0.15) is 24.3 Å². The van der Waals surface area contributed by atoms with E-state index in [2.05, 4.69) is 322 Å². The standard InChI is InChI=1S/4C18H18N.2ClH.2Zr/c4*1-13-10-14-7-5-9-17(18(14)11-13)15-6-4-8-16(12-15)19(2)3;;;;/h4*4-12H,1-3H3;2*1H;;/q4*-1;;;2*+2/p-2. The average Bonchev–Trinajstić information content (AvgIpc) is 4.21. The molecule has 0 aliphatic carbocycles. The van der Waals surface area contributed by atoms with Gasteiger partial charge < -0.3 is 44.4 Å². The second kappa shape index (κ2) is 28.9. The molecule has 80 heavy (non-hydrogen) atoms. The Morgan fingerprint density at radius 1 is 0.250 bits per heavy atom. The third-order valence-corrected chi connectivity index (χ3v) is 14.3. The summed E-state index contributed by atoms with van der Waals surface area (Å²) in [4.78, 5) is 8.56. The Balaban J connectivity index is 0.000000193. The summed E-state index contributed by atoms with van der Waals surface area (Å²) >= 11 is 0. The first-order valence-electron chi connectivity index (χ1n) is 26.4. The zero-order valence-corrected chi connectivity index (χ0v) is 54.8. The molecule has 0 spiro atoms. The fourth-order valence-corrected chi connectivity index (χ4v) is 10.4. The molecule has 0 bridgehead atoms. The molecule has 12 rings (SSSR count). The van der Waals surface area contributed by atoms with Crippen LogP contribution >= 0.6 is 0 Å². The number of hydrogen-bond donors (Lipinski definition) is 0. The van der Waals surface area contributed by atoms with E-state index >= 15 is 0 Å². The van der Waals surface area contributed by atoms with E-state index in [4.69, 9.17) is 0 Å². The smallest absolute Gasteiger partial charge is 1.00 e. The van der Waals surface area contributed by atoms with Crippen molar-refractivity contribution >= 4 is 65.8 Å². The summed E-state index contributed by atoms with van der Waals surface area (Å²) in [7, 11) is 16.6. The van der Waals surface area contributed by atoms with Crippen LogP contribution in [0.3, 0.4) is 0 Å². The number of anilines is 4. The number of aryl methyl sites for hydroxylation is 4. The molecule has 404 valence electrons. The number of fused-ring (bicyclic) bond motifs is 4. The van der Waals surface area contributed by atoms with Crippen LogP contribution < -0.4 is 44.4 Å². The Kier molecular flexibility index (Phi) is 23.4. The van der Waals surface area contributed by atoms with Crippen LogP contribution in [0.5, 0.6) is 0 Å². The SMILES string of the molecule is Cc1cc2c(-c3cccc(N(C)C)c3)cccc2[cH-]1.Cc1cc2c(-c3cccc(N(C)C)c3)cccc2[cH-]1.Cc1cc2c(-c3cccc(N(C)C)c3)cccc2[cH-]1.Cc1cc2c(-c3cccc(N(C)C)c3)cccc2[cH-]1.[Cl-].[Cl-].[Zr+2].[Zr+2]. The molecule has 8 heteroatoms. The Bertz CT molecular complexity index is 3410. The molecule has 0 aromatic heterocycles. The van der Waals surface area contributed by atoms with Gasteiger partial charge in [0.1, 0.15) is 0 Å². The second-order valence-corrected chi connectivity index (χ2v) is 21.1. The minimum atomic E-state index is 0. The summed E-state index contributed by atoms with van der Waals surface area (Å²) in [5.41, 5.74) is 20.6. The first-order chi connectivity index (χ1) is 36.6. The van der Waals surface area contributed by atoms with Crippen molar-refractivity contribution in [3.8, 4) is 44.5 Å². The molecule has 0 fully saturated rings. The van der Waals surface area contributed by atoms with Crippen LogP contribution in [0.4, 0.5) is 22.7 Å². The van der Waals surface area contributed by atoms with E-state index in [-0.39, 0.29) is 77.2 Å². The Morgan fingerprint density at radius 3 is 0.625 bits per heavy atom. The maximum absolute atomic E-state index is 2.27. The van der Waals surface area contributed by atoms with Gasteiger partial charge in [0.15, 0.2) is 0 Å². The Labute approximate surface area is 527 Å². The molecule has 0 saturated carbocycles. The van der Waals surface area contributed by atoms with Crippen molar-refractivity contribution in [3.63, 3.8) is 0 Å². The Hall–Kier alpha value is -6.25. The molecule has 0 aliphatic heterocycles. The fourth-order valence-electron chi connectivity index (χ4n) is 10.4. The third kappa shape index (κ3) is 15.2. The summed E-state index contributed by atoms with van der Waals surface area (Å²) in [6.07, 6.45) is 0. The molecule has 0 atom stereocenters. The summed E-state index contributed by atoms with van der Waals surface area (Å²) in [5, 5.41) is 10.7. The molecular weight excluding hydrogens is 1170 g/mol. The number of hydrogen-bond acceptors (Lipinski definition) is 4. The van der Waals surface area contributed by atoms with E-state index in [1.165, 1.54) is 133 Å². The fraction of sp³-hybridized carbons (Fsp3) is 0.167.